The molecule has 0 radical (unpaired) electrons. The predicted molar refractivity (Wildman–Crippen MR) is 79.4 cm³/mol. The lowest BCUT2D eigenvalue weighted by atomic mass is 10.5. The third-order valence-electron chi connectivity index (χ3n) is 0.932. The van der Waals surface area contributed by atoms with Crippen molar-refractivity contribution < 1.29 is 4.18 Å². The van der Waals surface area contributed by atoms with E-state index in [1.165, 1.54) is 4.88 Å². The molecule has 68 valence electrons. The first-order valence-corrected chi connectivity index (χ1v) is 12.8. The van der Waals surface area contributed by atoms with Gasteiger partial charge in [-0.05, 0) is 66.1 Å². The first-order valence-electron chi connectivity index (χ1n) is 2.82. The van der Waals surface area contributed by atoms with Gasteiger partial charge in [0, 0.05) is 26.4 Å². The van der Waals surface area contributed by atoms with Crippen LogP contribution in [0.1, 0.15) is 4.88 Å². The highest BCUT2D eigenvalue weighted by molar-refractivity contribution is 14.3. The minimum absolute atomic E-state index is 0.0626. The van der Waals surface area contributed by atoms with Crippen molar-refractivity contribution in [3.8, 4) is 0 Å². The molecule has 0 spiro atoms. The van der Waals surface area contributed by atoms with Gasteiger partial charge >= 0.3 is 0 Å². The van der Waals surface area contributed by atoms with Gasteiger partial charge in [-0.3, -0.25) is 0 Å². The number of halogens is 3. The van der Waals surface area contributed by atoms with Crippen LogP contribution in [0.4, 0.5) is 0 Å². The lowest BCUT2D eigenvalue weighted by Gasteiger charge is -1.99. The van der Waals surface area contributed by atoms with Crippen LogP contribution in [0.3, 0.4) is 0 Å². The zero-order valence-corrected chi connectivity index (χ0v) is 14.1. The summed E-state index contributed by atoms with van der Waals surface area (Å²) in [7, 11) is 0. The lowest BCUT2D eigenvalue weighted by Crippen LogP contribution is -1.76. The van der Waals surface area contributed by atoms with Crippen LogP contribution in [0.15, 0.2) is 15.9 Å². The van der Waals surface area contributed by atoms with E-state index in [4.69, 9.17) is 4.18 Å². The van der Waals surface area contributed by atoms with Crippen molar-refractivity contribution in [2.75, 3.05) is 0 Å². The SMILES string of the molecule is Brc1csc(COSP(I)I)c1. The molecule has 12 heavy (non-hydrogen) atoms. The van der Waals surface area contributed by atoms with E-state index in [2.05, 4.69) is 71.5 Å². The maximum absolute atomic E-state index is 5.41. The highest BCUT2D eigenvalue weighted by Crippen LogP contribution is 2.65. The smallest absolute Gasteiger partial charge is 0.113 e. The molecule has 1 rings (SSSR count). The van der Waals surface area contributed by atoms with Gasteiger partial charge < -0.3 is 4.18 Å². The zero-order valence-electron chi connectivity index (χ0n) is 5.67. The predicted octanol–water partition coefficient (Wildman–Crippen LogP) is 5.77. The Labute approximate surface area is 115 Å². The molecule has 0 saturated carbocycles. The van der Waals surface area contributed by atoms with Crippen LogP contribution >= 0.6 is 85.4 Å². The van der Waals surface area contributed by atoms with Crippen LogP contribution in [0.25, 0.3) is 0 Å². The van der Waals surface area contributed by atoms with Gasteiger partial charge in [-0.25, -0.2) is 0 Å². The van der Waals surface area contributed by atoms with E-state index >= 15 is 0 Å². The van der Waals surface area contributed by atoms with Crippen molar-refractivity contribution >= 4 is 85.4 Å². The summed E-state index contributed by atoms with van der Waals surface area (Å²) in [5.74, 6) is 0. The summed E-state index contributed by atoms with van der Waals surface area (Å²) in [6.07, 6.45) is 0. The average molecular weight is 509 g/mol. The summed E-state index contributed by atoms with van der Waals surface area (Å²) in [6.45, 7) is 0.714. The Kier molecular flexibility index (Phi) is 7.04. The second kappa shape index (κ2) is 6.79. The molecule has 1 aromatic heterocycles. The Morgan fingerprint density at radius 3 is 2.92 bits per heavy atom. The summed E-state index contributed by atoms with van der Waals surface area (Å²) in [6, 6.07) is 2.09. The van der Waals surface area contributed by atoms with Crippen LogP contribution in [-0.4, -0.2) is 0 Å². The quantitative estimate of drug-likeness (QED) is 0.290. The Hall–Kier alpha value is 2.38. The van der Waals surface area contributed by atoms with Gasteiger partial charge in [-0.2, -0.15) is 0 Å². The molecule has 0 aliphatic carbocycles. The van der Waals surface area contributed by atoms with Gasteiger partial charge in [0.2, 0.25) is 0 Å². The van der Waals surface area contributed by atoms with E-state index < -0.39 is 0 Å². The number of thiophene rings is 1. The topological polar surface area (TPSA) is 9.23 Å². The zero-order chi connectivity index (χ0) is 8.97. The molecule has 0 aliphatic rings. The van der Waals surface area contributed by atoms with Crippen LogP contribution in [-0.2, 0) is 10.8 Å². The first-order chi connectivity index (χ1) is 5.68. The van der Waals surface area contributed by atoms with Crippen molar-refractivity contribution in [1.82, 2.24) is 0 Å². The minimum atomic E-state index is -0.0626. The number of hydrogen-bond donors (Lipinski definition) is 0. The Morgan fingerprint density at radius 1 is 1.67 bits per heavy atom. The standard InChI is InChI=1S/C5H4BrI2OPS2/c6-4-1-5(11-3-4)2-9-12-10(7)8/h1,3H,2H2. The highest BCUT2D eigenvalue weighted by atomic mass is 127. The molecule has 0 fully saturated rings. The molecule has 7 heteroatoms. The molecule has 0 aliphatic heterocycles. The molecule has 0 bridgehead atoms. The van der Waals surface area contributed by atoms with Gasteiger partial charge in [0.15, 0.2) is 0 Å². The van der Waals surface area contributed by atoms with Crippen molar-refractivity contribution in [3.05, 3.63) is 20.8 Å². The van der Waals surface area contributed by atoms with Crippen molar-refractivity contribution in [2.45, 2.75) is 6.61 Å². The third kappa shape index (κ3) is 5.31. The van der Waals surface area contributed by atoms with Gasteiger partial charge in [0.05, 0.1) is 6.61 Å². The summed E-state index contributed by atoms with van der Waals surface area (Å²) in [5.41, 5.74) is 0. The fraction of sp³-hybridized carbons (Fsp3) is 0.200. The maximum Gasteiger partial charge on any atom is 0.113 e. The largest absolute Gasteiger partial charge is 0.304 e. The fourth-order valence-electron chi connectivity index (χ4n) is 0.554. The Morgan fingerprint density at radius 2 is 2.42 bits per heavy atom. The van der Waals surface area contributed by atoms with Gasteiger partial charge in [0.1, 0.15) is 2.41 Å². The minimum Gasteiger partial charge on any atom is -0.304 e. The monoisotopic (exact) mass is 508 g/mol. The summed E-state index contributed by atoms with van der Waals surface area (Å²) in [5, 5.41) is 2.07. The second-order valence-corrected chi connectivity index (χ2v) is 21.3. The summed E-state index contributed by atoms with van der Waals surface area (Å²) in [4.78, 5) is 1.26. The molecule has 0 N–H and O–H groups in total. The Bertz CT molecular complexity index is 245. The lowest BCUT2D eigenvalue weighted by molar-refractivity contribution is 0.374. The number of rotatable bonds is 4. The van der Waals surface area contributed by atoms with Crippen LogP contribution in [0, 0.1) is 0 Å². The first kappa shape index (κ1) is 12.4. The molecule has 1 nitrogen and oxygen atoms in total. The third-order valence-corrected chi connectivity index (χ3v) is 6.49. The van der Waals surface area contributed by atoms with Crippen molar-refractivity contribution in [1.29, 1.82) is 0 Å². The molecule has 0 unspecified atom stereocenters. The fourth-order valence-corrected chi connectivity index (χ4v) is 4.69. The van der Waals surface area contributed by atoms with Gasteiger partial charge in [0.25, 0.3) is 0 Å². The van der Waals surface area contributed by atoms with Crippen LogP contribution < -0.4 is 0 Å². The molecule has 1 aromatic rings. The molecule has 1 heterocycles. The van der Waals surface area contributed by atoms with Gasteiger partial charge in [-0.1, -0.05) is 0 Å². The van der Waals surface area contributed by atoms with E-state index in [9.17, 15) is 0 Å². The summed E-state index contributed by atoms with van der Waals surface area (Å²) < 4.78 is 6.49. The number of hydrogen-bond acceptors (Lipinski definition) is 3. The van der Waals surface area contributed by atoms with E-state index in [-0.39, 0.29) is 2.41 Å². The van der Waals surface area contributed by atoms with Gasteiger partial charge in [-0.15, -0.1) is 11.3 Å². The Balaban J connectivity index is 2.24. The van der Waals surface area contributed by atoms with Crippen molar-refractivity contribution in [2.24, 2.45) is 0 Å². The molecule has 0 aromatic carbocycles. The average Bonchev–Trinajstić information content (AvgIpc) is 2.35. The van der Waals surface area contributed by atoms with E-state index in [1.807, 2.05) is 0 Å². The molecular weight excluding hydrogens is 505 g/mol. The molecule has 0 atom stereocenters. The maximum atomic E-state index is 5.41. The van der Waals surface area contributed by atoms with E-state index in [0.717, 1.165) is 4.47 Å². The van der Waals surface area contributed by atoms with Crippen LogP contribution in [0.2, 0.25) is 0 Å². The molecular formula is C5H4BrI2OPS2. The van der Waals surface area contributed by atoms with E-state index in [1.54, 1.807) is 23.0 Å². The van der Waals surface area contributed by atoms with E-state index in [0.29, 0.717) is 6.61 Å². The summed E-state index contributed by atoms with van der Waals surface area (Å²) >= 11 is 11.4. The van der Waals surface area contributed by atoms with Crippen LogP contribution in [0.5, 0.6) is 0 Å². The normalized spacial score (nSPS) is 11.0. The highest BCUT2D eigenvalue weighted by Gasteiger charge is 2.01. The molecule has 0 saturated heterocycles. The van der Waals surface area contributed by atoms with Crippen molar-refractivity contribution in [3.63, 3.8) is 0 Å². The molecule has 0 amide bonds. The second-order valence-electron chi connectivity index (χ2n) is 1.77.